The first-order valence-corrected chi connectivity index (χ1v) is 6.46. The SMILES string of the molecule is C=CC(=O)Nc1ccc(OCc2ccccc2Cl)cc1. The van der Waals surface area contributed by atoms with Gasteiger partial charge in [0.1, 0.15) is 12.4 Å². The van der Waals surface area contributed by atoms with Gasteiger partial charge >= 0.3 is 0 Å². The Morgan fingerprint density at radius 1 is 1.20 bits per heavy atom. The van der Waals surface area contributed by atoms with Crippen LogP contribution in [0.15, 0.2) is 61.2 Å². The molecule has 0 atom stereocenters. The van der Waals surface area contributed by atoms with Crippen LogP contribution in [0, 0.1) is 0 Å². The lowest BCUT2D eigenvalue weighted by Crippen LogP contribution is -2.06. The van der Waals surface area contributed by atoms with Crippen LogP contribution >= 0.6 is 11.6 Å². The van der Waals surface area contributed by atoms with Gasteiger partial charge in [0, 0.05) is 16.3 Å². The molecule has 0 saturated heterocycles. The maximum Gasteiger partial charge on any atom is 0.247 e. The molecule has 4 heteroatoms. The molecule has 20 heavy (non-hydrogen) atoms. The van der Waals surface area contributed by atoms with E-state index in [9.17, 15) is 4.79 Å². The summed E-state index contributed by atoms with van der Waals surface area (Å²) in [6.07, 6.45) is 1.22. The van der Waals surface area contributed by atoms with Crippen molar-refractivity contribution in [1.82, 2.24) is 0 Å². The van der Waals surface area contributed by atoms with Crippen LogP contribution in [0.25, 0.3) is 0 Å². The van der Waals surface area contributed by atoms with Gasteiger partial charge < -0.3 is 10.1 Å². The molecule has 2 aromatic carbocycles. The Labute approximate surface area is 122 Å². The molecule has 0 unspecified atom stereocenters. The number of hydrogen-bond donors (Lipinski definition) is 1. The monoisotopic (exact) mass is 287 g/mol. The summed E-state index contributed by atoms with van der Waals surface area (Å²) in [5, 5.41) is 3.35. The van der Waals surface area contributed by atoms with Gasteiger partial charge in [0.2, 0.25) is 5.91 Å². The molecule has 0 aliphatic heterocycles. The van der Waals surface area contributed by atoms with Crippen molar-refractivity contribution in [1.29, 1.82) is 0 Å². The first-order valence-electron chi connectivity index (χ1n) is 6.09. The Kier molecular flexibility index (Phi) is 4.80. The first kappa shape index (κ1) is 14.2. The lowest BCUT2D eigenvalue weighted by atomic mass is 10.2. The number of carbonyl (C=O) groups excluding carboxylic acids is 1. The van der Waals surface area contributed by atoms with Crippen LogP contribution in [0.1, 0.15) is 5.56 Å². The zero-order chi connectivity index (χ0) is 14.4. The minimum absolute atomic E-state index is 0.241. The predicted octanol–water partition coefficient (Wildman–Crippen LogP) is 4.04. The van der Waals surface area contributed by atoms with Gasteiger partial charge in [0.15, 0.2) is 0 Å². The lowest BCUT2D eigenvalue weighted by Gasteiger charge is -2.08. The number of rotatable bonds is 5. The second kappa shape index (κ2) is 6.78. The van der Waals surface area contributed by atoms with Crippen molar-refractivity contribution in [2.24, 2.45) is 0 Å². The maximum atomic E-state index is 11.1. The Hall–Kier alpha value is -2.26. The molecule has 0 radical (unpaired) electrons. The second-order valence-corrected chi connectivity index (χ2v) is 4.51. The summed E-state index contributed by atoms with van der Waals surface area (Å²) in [6, 6.07) is 14.6. The van der Waals surface area contributed by atoms with Gasteiger partial charge in [-0.05, 0) is 36.4 Å². The number of nitrogens with one attached hydrogen (secondary N) is 1. The molecule has 0 bridgehead atoms. The topological polar surface area (TPSA) is 38.3 Å². The molecule has 2 rings (SSSR count). The van der Waals surface area contributed by atoms with E-state index in [4.69, 9.17) is 16.3 Å². The number of carbonyl (C=O) groups is 1. The summed E-state index contributed by atoms with van der Waals surface area (Å²) in [6.45, 7) is 3.80. The van der Waals surface area contributed by atoms with Crippen LogP contribution in [0.2, 0.25) is 5.02 Å². The van der Waals surface area contributed by atoms with Crippen molar-refractivity contribution in [2.45, 2.75) is 6.61 Å². The molecule has 0 heterocycles. The van der Waals surface area contributed by atoms with E-state index in [1.54, 1.807) is 24.3 Å². The van der Waals surface area contributed by atoms with Gasteiger partial charge in [0.05, 0.1) is 0 Å². The fourth-order valence-corrected chi connectivity index (χ4v) is 1.79. The van der Waals surface area contributed by atoms with E-state index in [0.29, 0.717) is 23.1 Å². The van der Waals surface area contributed by atoms with E-state index in [1.807, 2.05) is 24.3 Å². The van der Waals surface area contributed by atoms with Crippen LogP contribution in [-0.2, 0) is 11.4 Å². The lowest BCUT2D eigenvalue weighted by molar-refractivity contribution is -0.111. The van der Waals surface area contributed by atoms with Crippen LogP contribution in [0.5, 0.6) is 5.75 Å². The minimum Gasteiger partial charge on any atom is -0.489 e. The molecule has 1 N–H and O–H groups in total. The van der Waals surface area contributed by atoms with E-state index in [0.717, 1.165) is 5.56 Å². The van der Waals surface area contributed by atoms with Crippen molar-refractivity contribution in [3.8, 4) is 5.75 Å². The van der Waals surface area contributed by atoms with Crippen LogP contribution in [0.4, 0.5) is 5.69 Å². The summed E-state index contributed by atoms with van der Waals surface area (Å²) in [7, 11) is 0. The molecule has 0 fully saturated rings. The Morgan fingerprint density at radius 2 is 1.90 bits per heavy atom. The molecule has 0 aliphatic rings. The molecule has 102 valence electrons. The Balaban J connectivity index is 1.96. The van der Waals surface area contributed by atoms with E-state index in [1.165, 1.54) is 6.08 Å². The Morgan fingerprint density at radius 3 is 2.55 bits per heavy atom. The maximum absolute atomic E-state index is 11.1. The molecule has 0 aliphatic carbocycles. The van der Waals surface area contributed by atoms with Gasteiger partial charge in [-0.1, -0.05) is 36.4 Å². The molecule has 2 aromatic rings. The molecule has 0 spiro atoms. The van der Waals surface area contributed by atoms with Gasteiger partial charge in [-0.15, -0.1) is 0 Å². The van der Waals surface area contributed by atoms with Crippen molar-refractivity contribution in [3.05, 3.63) is 71.8 Å². The third-order valence-electron chi connectivity index (χ3n) is 2.66. The predicted molar refractivity (Wildman–Crippen MR) is 81.1 cm³/mol. The summed E-state index contributed by atoms with van der Waals surface area (Å²) in [5.74, 6) is 0.469. The van der Waals surface area contributed by atoms with Crippen LogP contribution in [-0.4, -0.2) is 5.91 Å². The van der Waals surface area contributed by atoms with Crippen molar-refractivity contribution in [2.75, 3.05) is 5.32 Å². The fraction of sp³-hybridized carbons (Fsp3) is 0.0625. The van der Waals surface area contributed by atoms with E-state index in [2.05, 4.69) is 11.9 Å². The number of amides is 1. The number of hydrogen-bond acceptors (Lipinski definition) is 2. The number of anilines is 1. The van der Waals surface area contributed by atoms with E-state index < -0.39 is 0 Å². The third-order valence-corrected chi connectivity index (χ3v) is 3.03. The summed E-state index contributed by atoms with van der Waals surface area (Å²) >= 11 is 6.05. The van der Waals surface area contributed by atoms with Crippen molar-refractivity contribution >= 4 is 23.2 Å². The van der Waals surface area contributed by atoms with Gasteiger partial charge in [-0.25, -0.2) is 0 Å². The summed E-state index contributed by atoms with van der Waals surface area (Å²) in [4.78, 5) is 11.1. The van der Waals surface area contributed by atoms with Gasteiger partial charge in [-0.2, -0.15) is 0 Å². The fourth-order valence-electron chi connectivity index (χ4n) is 1.60. The average molecular weight is 288 g/mol. The standard InChI is InChI=1S/C16H14ClNO2/c1-2-16(19)18-13-7-9-14(10-8-13)20-11-12-5-3-4-6-15(12)17/h2-10H,1,11H2,(H,18,19). The molecule has 1 amide bonds. The molecule has 3 nitrogen and oxygen atoms in total. The summed E-state index contributed by atoms with van der Waals surface area (Å²) in [5.41, 5.74) is 1.62. The highest BCUT2D eigenvalue weighted by Crippen LogP contribution is 2.20. The first-order chi connectivity index (χ1) is 9.69. The zero-order valence-corrected chi connectivity index (χ0v) is 11.6. The smallest absolute Gasteiger partial charge is 0.247 e. The zero-order valence-electron chi connectivity index (χ0n) is 10.8. The van der Waals surface area contributed by atoms with E-state index >= 15 is 0 Å². The highest BCUT2D eigenvalue weighted by molar-refractivity contribution is 6.31. The highest BCUT2D eigenvalue weighted by atomic mass is 35.5. The van der Waals surface area contributed by atoms with Gasteiger partial charge in [0.25, 0.3) is 0 Å². The molecular formula is C16H14ClNO2. The van der Waals surface area contributed by atoms with Crippen molar-refractivity contribution in [3.63, 3.8) is 0 Å². The number of ether oxygens (including phenoxy) is 1. The number of benzene rings is 2. The second-order valence-electron chi connectivity index (χ2n) is 4.10. The minimum atomic E-state index is -0.241. The quantitative estimate of drug-likeness (QED) is 0.843. The normalized spacial score (nSPS) is 9.85. The number of halogens is 1. The van der Waals surface area contributed by atoms with Gasteiger partial charge in [-0.3, -0.25) is 4.79 Å². The molecule has 0 saturated carbocycles. The Bertz CT molecular complexity index is 608. The van der Waals surface area contributed by atoms with Crippen LogP contribution in [0.3, 0.4) is 0 Å². The largest absolute Gasteiger partial charge is 0.489 e. The van der Waals surface area contributed by atoms with Crippen molar-refractivity contribution < 1.29 is 9.53 Å². The third kappa shape index (κ3) is 3.87. The highest BCUT2D eigenvalue weighted by Gasteiger charge is 2.01. The summed E-state index contributed by atoms with van der Waals surface area (Å²) < 4.78 is 5.64. The molecular weight excluding hydrogens is 274 g/mol. The average Bonchev–Trinajstić information content (AvgIpc) is 2.48. The van der Waals surface area contributed by atoms with Crippen LogP contribution < -0.4 is 10.1 Å². The molecule has 0 aromatic heterocycles. The van der Waals surface area contributed by atoms with E-state index in [-0.39, 0.29) is 5.91 Å².